The van der Waals surface area contributed by atoms with Gasteiger partial charge in [0.2, 0.25) is 0 Å². The number of furan rings is 1. The lowest BCUT2D eigenvalue weighted by molar-refractivity contribution is 0.0791. The van der Waals surface area contributed by atoms with Gasteiger partial charge in [0.15, 0.2) is 0 Å². The van der Waals surface area contributed by atoms with Crippen molar-refractivity contribution < 1.29 is 14.3 Å². The number of para-hydroxylation sites is 1. The van der Waals surface area contributed by atoms with Gasteiger partial charge in [0.25, 0.3) is 5.91 Å². The Morgan fingerprint density at radius 2 is 2.00 bits per heavy atom. The second-order valence-electron chi connectivity index (χ2n) is 8.85. The van der Waals surface area contributed by atoms with Crippen molar-refractivity contribution in [3.63, 3.8) is 0 Å². The predicted molar refractivity (Wildman–Crippen MR) is 113 cm³/mol. The fourth-order valence-electron chi connectivity index (χ4n) is 4.01. The SMILES string of the molecule is CCCCc1oc2ccccc2c1C(=O)NC1CCN(CC(C)(C)CO)CC1. The summed E-state index contributed by atoms with van der Waals surface area (Å²) in [5.41, 5.74) is 1.42. The van der Waals surface area contributed by atoms with Gasteiger partial charge in [-0.2, -0.15) is 0 Å². The number of unbranched alkanes of at least 4 members (excludes halogenated alkanes) is 1. The van der Waals surface area contributed by atoms with Crippen LogP contribution in [0.1, 0.15) is 62.6 Å². The van der Waals surface area contributed by atoms with Crippen molar-refractivity contribution in [2.45, 2.75) is 58.9 Å². The topological polar surface area (TPSA) is 65.7 Å². The van der Waals surface area contributed by atoms with Crippen molar-refractivity contribution in [2.24, 2.45) is 5.41 Å². The molecule has 1 amide bonds. The zero-order valence-corrected chi connectivity index (χ0v) is 17.5. The second kappa shape index (κ2) is 9.10. The predicted octanol–water partition coefficient (Wildman–Crippen LogP) is 3.99. The lowest BCUT2D eigenvalue weighted by Crippen LogP contribution is -2.47. The van der Waals surface area contributed by atoms with Crippen LogP contribution in [0, 0.1) is 5.41 Å². The van der Waals surface area contributed by atoms with Gasteiger partial charge in [-0.15, -0.1) is 0 Å². The minimum Gasteiger partial charge on any atom is -0.460 e. The van der Waals surface area contributed by atoms with E-state index in [1.54, 1.807) is 0 Å². The molecule has 2 N–H and O–H groups in total. The molecule has 0 atom stereocenters. The summed E-state index contributed by atoms with van der Waals surface area (Å²) in [6.45, 7) is 9.29. The van der Waals surface area contributed by atoms with E-state index in [-0.39, 0.29) is 24.0 Å². The van der Waals surface area contributed by atoms with Gasteiger partial charge < -0.3 is 19.7 Å². The summed E-state index contributed by atoms with van der Waals surface area (Å²) >= 11 is 0. The van der Waals surface area contributed by atoms with E-state index in [0.29, 0.717) is 5.56 Å². The number of rotatable bonds is 8. The van der Waals surface area contributed by atoms with Gasteiger partial charge in [-0.1, -0.05) is 45.4 Å². The number of piperidine rings is 1. The molecule has 2 heterocycles. The minimum atomic E-state index is -0.0834. The summed E-state index contributed by atoms with van der Waals surface area (Å²) in [5, 5.41) is 13.6. The number of aliphatic hydroxyl groups excluding tert-OH is 1. The number of fused-ring (bicyclic) bond motifs is 1. The molecule has 5 nitrogen and oxygen atoms in total. The van der Waals surface area contributed by atoms with Gasteiger partial charge in [-0.3, -0.25) is 4.79 Å². The number of carbonyl (C=O) groups excluding carboxylic acids is 1. The van der Waals surface area contributed by atoms with E-state index in [0.717, 1.165) is 68.5 Å². The summed E-state index contributed by atoms with van der Waals surface area (Å²) in [6, 6.07) is 8.00. The molecular formula is C23H34N2O3. The van der Waals surface area contributed by atoms with Crippen molar-refractivity contribution in [1.29, 1.82) is 0 Å². The van der Waals surface area contributed by atoms with Gasteiger partial charge in [0.05, 0.1) is 5.56 Å². The summed E-state index contributed by atoms with van der Waals surface area (Å²) < 4.78 is 6.00. The molecule has 5 heteroatoms. The molecule has 1 fully saturated rings. The number of likely N-dealkylation sites (tertiary alicyclic amines) is 1. The highest BCUT2D eigenvalue weighted by Crippen LogP contribution is 2.28. The molecule has 1 aliphatic rings. The second-order valence-corrected chi connectivity index (χ2v) is 8.85. The maximum absolute atomic E-state index is 13.1. The van der Waals surface area contributed by atoms with E-state index in [4.69, 9.17) is 4.42 Å². The summed E-state index contributed by atoms with van der Waals surface area (Å²) in [5.74, 6) is 0.799. The molecule has 1 aromatic carbocycles. The van der Waals surface area contributed by atoms with Gasteiger partial charge in [0.1, 0.15) is 11.3 Å². The lowest BCUT2D eigenvalue weighted by Gasteiger charge is -2.36. The van der Waals surface area contributed by atoms with Crippen LogP contribution >= 0.6 is 0 Å². The Morgan fingerprint density at radius 1 is 1.29 bits per heavy atom. The van der Waals surface area contributed by atoms with Crippen LogP contribution in [-0.4, -0.2) is 48.2 Å². The molecule has 0 unspecified atom stereocenters. The van der Waals surface area contributed by atoms with Crippen LogP contribution in [0.4, 0.5) is 0 Å². The fraction of sp³-hybridized carbons (Fsp3) is 0.609. The quantitative estimate of drug-likeness (QED) is 0.720. The van der Waals surface area contributed by atoms with Crippen molar-refractivity contribution in [1.82, 2.24) is 10.2 Å². The number of nitrogens with one attached hydrogen (secondary N) is 1. The van der Waals surface area contributed by atoms with Gasteiger partial charge in [0, 0.05) is 49.5 Å². The van der Waals surface area contributed by atoms with Crippen LogP contribution in [0.15, 0.2) is 28.7 Å². The molecule has 1 aromatic heterocycles. The normalized spacial score (nSPS) is 16.6. The molecule has 154 valence electrons. The molecule has 1 aliphatic heterocycles. The molecule has 0 saturated carbocycles. The van der Waals surface area contributed by atoms with Crippen LogP contribution in [-0.2, 0) is 6.42 Å². The van der Waals surface area contributed by atoms with E-state index in [9.17, 15) is 9.90 Å². The largest absolute Gasteiger partial charge is 0.460 e. The standard InChI is InChI=1S/C23H34N2O3/c1-4-5-9-20-21(18-8-6-7-10-19(18)28-20)22(27)24-17-11-13-25(14-12-17)15-23(2,3)16-26/h6-8,10,17,26H,4-5,9,11-16H2,1-3H3,(H,24,27). The number of nitrogens with zero attached hydrogens (tertiary/aromatic N) is 1. The number of aliphatic hydroxyl groups is 1. The number of hydrogen-bond donors (Lipinski definition) is 2. The van der Waals surface area contributed by atoms with Crippen LogP contribution in [0.25, 0.3) is 11.0 Å². The van der Waals surface area contributed by atoms with E-state index >= 15 is 0 Å². The van der Waals surface area contributed by atoms with Crippen molar-refractivity contribution in [3.8, 4) is 0 Å². The third kappa shape index (κ3) is 4.95. The van der Waals surface area contributed by atoms with Gasteiger partial charge in [-0.25, -0.2) is 0 Å². The van der Waals surface area contributed by atoms with Crippen LogP contribution in [0.5, 0.6) is 0 Å². The van der Waals surface area contributed by atoms with E-state index < -0.39 is 0 Å². The first-order valence-electron chi connectivity index (χ1n) is 10.6. The first-order valence-corrected chi connectivity index (χ1v) is 10.6. The highest BCUT2D eigenvalue weighted by molar-refractivity contribution is 6.07. The number of aryl methyl sites for hydroxylation is 1. The average molecular weight is 387 g/mol. The Morgan fingerprint density at radius 3 is 2.68 bits per heavy atom. The number of hydrogen-bond acceptors (Lipinski definition) is 4. The summed E-state index contributed by atoms with van der Waals surface area (Å²) in [4.78, 5) is 15.5. The fourth-order valence-corrected chi connectivity index (χ4v) is 4.01. The van der Waals surface area contributed by atoms with E-state index in [1.807, 2.05) is 24.3 Å². The van der Waals surface area contributed by atoms with Crippen LogP contribution in [0.3, 0.4) is 0 Å². The highest BCUT2D eigenvalue weighted by Gasteiger charge is 2.27. The molecule has 0 bridgehead atoms. The van der Waals surface area contributed by atoms with Crippen molar-refractivity contribution in [2.75, 3.05) is 26.2 Å². The van der Waals surface area contributed by atoms with Gasteiger partial charge >= 0.3 is 0 Å². The molecule has 1 saturated heterocycles. The molecular weight excluding hydrogens is 352 g/mol. The van der Waals surface area contributed by atoms with Crippen LogP contribution < -0.4 is 5.32 Å². The Balaban J connectivity index is 1.65. The first kappa shape index (κ1) is 20.9. The third-order valence-electron chi connectivity index (χ3n) is 5.66. The smallest absolute Gasteiger partial charge is 0.255 e. The number of amides is 1. The zero-order valence-electron chi connectivity index (χ0n) is 17.5. The van der Waals surface area contributed by atoms with Crippen molar-refractivity contribution in [3.05, 3.63) is 35.6 Å². The maximum Gasteiger partial charge on any atom is 0.255 e. The number of benzene rings is 1. The highest BCUT2D eigenvalue weighted by atomic mass is 16.3. The number of carbonyl (C=O) groups is 1. The average Bonchev–Trinajstić information content (AvgIpc) is 3.06. The Bertz CT molecular complexity index is 788. The monoisotopic (exact) mass is 386 g/mol. The minimum absolute atomic E-state index is 0.00908. The van der Waals surface area contributed by atoms with Crippen LogP contribution in [0.2, 0.25) is 0 Å². The Hall–Kier alpha value is -1.85. The Kier molecular flexibility index (Phi) is 6.78. The molecule has 0 spiro atoms. The molecule has 28 heavy (non-hydrogen) atoms. The summed E-state index contributed by atoms with van der Waals surface area (Å²) in [6.07, 6.45) is 4.75. The maximum atomic E-state index is 13.1. The first-order chi connectivity index (χ1) is 13.4. The molecule has 0 radical (unpaired) electrons. The third-order valence-corrected chi connectivity index (χ3v) is 5.66. The molecule has 3 rings (SSSR count). The zero-order chi connectivity index (χ0) is 20.1. The summed E-state index contributed by atoms with van der Waals surface area (Å²) in [7, 11) is 0. The molecule has 2 aromatic rings. The van der Waals surface area contributed by atoms with E-state index in [2.05, 4.69) is 31.0 Å². The van der Waals surface area contributed by atoms with E-state index in [1.165, 1.54) is 0 Å². The van der Waals surface area contributed by atoms with Crippen molar-refractivity contribution >= 4 is 16.9 Å². The Labute approximate surface area is 168 Å². The molecule has 0 aliphatic carbocycles. The lowest BCUT2D eigenvalue weighted by atomic mass is 9.92. The van der Waals surface area contributed by atoms with Gasteiger partial charge in [-0.05, 0) is 25.3 Å².